The fourth-order valence-electron chi connectivity index (χ4n) is 7.24. The Labute approximate surface area is 196 Å². The lowest BCUT2D eigenvalue weighted by Gasteiger charge is -2.44. The van der Waals surface area contributed by atoms with Crippen molar-refractivity contribution >= 4 is 0 Å². The van der Waals surface area contributed by atoms with Crippen LogP contribution in [0.5, 0.6) is 0 Å². The summed E-state index contributed by atoms with van der Waals surface area (Å²) in [6.07, 6.45) is 15.7. The summed E-state index contributed by atoms with van der Waals surface area (Å²) in [5.41, 5.74) is 3.26. The van der Waals surface area contributed by atoms with Crippen LogP contribution in [0.15, 0.2) is 35.5 Å². The molecule has 3 saturated carbocycles. The van der Waals surface area contributed by atoms with Gasteiger partial charge >= 0.3 is 0 Å². The minimum Gasteiger partial charge on any atom is -0.393 e. The van der Waals surface area contributed by atoms with Crippen molar-refractivity contribution in [2.45, 2.75) is 123 Å². The van der Waals surface area contributed by atoms with Gasteiger partial charge in [0.15, 0.2) is 0 Å². The lowest BCUT2D eigenvalue weighted by atomic mass is 9.60. The molecule has 0 spiro atoms. The molecule has 182 valence electrons. The minimum absolute atomic E-state index is 0.371. The molecule has 0 radical (unpaired) electrons. The van der Waals surface area contributed by atoms with Gasteiger partial charge in [0.1, 0.15) is 0 Å². The predicted molar refractivity (Wildman–Crippen MR) is 133 cm³/mol. The molecule has 0 aromatic heterocycles. The fraction of sp³-hybridized carbons (Fsp3) is 0.793. The summed E-state index contributed by atoms with van der Waals surface area (Å²) in [6, 6.07) is 0. The van der Waals surface area contributed by atoms with Crippen LogP contribution in [0.3, 0.4) is 0 Å². The van der Waals surface area contributed by atoms with Crippen molar-refractivity contribution < 1.29 is 15.3 Å². The second-order valence-electron chi connectivity index (χ2n) is 11.5. The second-order valence-corrected chi connectivity index (χ2v) is 11.5. The Morgan fingerprint density at radius 2 is 1.91 bits per heavy atom. The van der Waals surface area contributed by atoms with Crippen molar-refractivity contribution in [3.05, 3.63) is 35.5 Å². The first-order valence-electron chi connectivity index (χ1n) is 13.3. The van der Waals surface area contributed by atoms with Crippen LogP contribution in [0.25, 0.3) is 0 Å². The molecule has 0 heterocycles. The molecule has 3 heteroatoms. The van der Waals surface area contributed by atoms with Crippen LogP contribution in [0, 0.1) is 23.2 Å². The summed E-state index contributed by atoms with van der Waals surface area (Å²) in [5.74, 6) is 2.10. The van der Waals surface area contributed by atoms with Crippen LogP contribution in [0.4, 0.5) is 0 Å². The van der Waals surface area contributed by atoms with Crippen LogP contribution in [-0.4, -0.2) is 33.1 Å². The van der Waals surface area contributed by atoms with Gasteiger partial charge in [-0.25, -0.2) is 0 Å². The Morgan fingerprint density at radius 3 is 2.59 bits per heavy atom. The molecule has 32 heavy (non-hydrogen) atoms. The highest BCUT2D eigenvalue weighted by Gasteiger charge is 2.50. The van der Waals surface area contributed by atoms with Gasteiger partial charge in [0.05, 0.1) is 17.8 Å². The van der Waals surface area contributed by atoms with E-state index in [1.165, 1.54) is 38.5 Å². The van der Waals surface area contributed by atoms with Crippen LogP contribution in [-0.2, 0) is 0 Å². The summed E-state index contributed by atoms with van der Waals surface area (Å²) in [5, 5.41) is 30.9. The van der Waals surface area contributed by atoms with Gasteiger partial charge in [-0.15, -0.1) is 0 Å². The molecule has 0 unspecified atom stereocenters. The Balaban J connectivity index is 1.67. The highest BCUT2D eigenvalue weighted by molar-refractivity contribution is 5.38. The number of allylic oxidation sites excluding steroid dienone is 3. The zero-order valence-corrected chi connectivity index (χ0v) is 21.1. The summed E-state index contributed by atoms with van der Waals surface area (Å²) in [7, 11) is 0. The van der Waals surface area contributed by atoms with Crippen LogP contribution in [0.1, 0.15) is 105 Å². The average molecular weight is 445 g/mol. The molecule has 6 atom stereocenters. The molecule has 0 saturated heterocycles. The van der Waals surface area contributed by atoms with Crippen molar-refractivity contribution in [1.82, 2.24) is 0 Å². The van der Waals surface area contributed by atoms with Crippen molar-refractivity contribution in [2.24, 2.45) is 23.2 Å². The first-order valence-corrected chi connectivity index (χ1v) is 13.3. The van der Waals surface area contributed by atoms with Gasteiger partial charge in [-0.1, -0.05) is 64.8 Å². The van der Waals surface area contributed by atoms with E-state index in [2.05, 4.69) is 46.4 Å². The van der Waals surface area contributed by atoms with Crippen LogP contribution >= 0.6 is 0 Å². The van der Waals surface area contributed by atoms with E-state index in [1.54, 1.807) is 5.57 Å². The summed E-state index contributed by atoms with van der Waals surface area (Å²) in [4.78, 5) is 0. The zero-order chi connectivity index (χ0) is 23.5. The fourth-order valence-corrected chi connectivity index (χ4v) is 7.24. The quantitative estimate of drug-likeness (QED) is 0.401. The van der Waals surface area contributed by atoms with Crippen molar-refractivity contribution in [2.75, 3.05) is 0 Å². The number of fused-ring (bicyclic) bond motifs is 1. The molecule has 0 amide bonds. The maximum Gasteiger partial charge on any atom is 0.0811 e. The lowest BCUT2D eigenvalue weighted by Crippen LogP contribution is -2.36. The Kier molecular flexibility index (Phi) is 8.50. The Hall–Kier alpha value is -0.900. The van der Waals surface area contributed by atoms with Crippen molar-refractivity contribution in [3.8, 4) is 0 Å². The van der Waals surface area contributed by atoms with Crippen LogP contribution in [0.2, 0.25) is 0 Å². The standard InChI is InChI=1S/C29H48O3/c1-6-29(32,7-2)17-8-10-20(3)25-14-15-26-22(11-9-16-28(25,26)5)12-13-23-18-24(30)19-27(31)21(23)4/h12-13,20,24-27,30-32H,4,6-11,14-19H2,1-3,5H3/b22-12+,23-13+/t20-,24-,25-,26+,27+,28-/m1/s1. The Morgan fingerprint density at radius 1 is 1.19 bits per heavy atom. The second kappa shape index (κ2) is 10.6. The molecule has 3 nitrogen and oxygen atoms in total. The zero-order valence-electron chi connectivity index (χ0n) is 21.1. The van der Waals surface area contributed by atoms with E-state index in [0.29, 0.717) is 30.1 Å². The van der Waals surface area contributed by atoms with E-state index < -0.39 is 17.8 Å². The molecule has 3 aliphatic rings. The van der Waals surface area contributed by atoms with Gasteiger partial charge in [-0.3, -0.25) is 0 Å². The molecular weight excluding hydrogens is 396 g/mol. The van der Waals surface area contributed by atoms with Crippen LogP contribution < -0.4 is 0 Å². The van der Waals surface area contributed by atoms with E-state index in [9.17, 15) is 15.3 Å². The third-order valence-electron chi connectivity index (χ3n) is 9.61. The summed E-state index contributed by atoms with van der Waals surface area (Å²) in [6.45, 7) is 13.3. The average Bonchev–Trinajstić information content (AvgIpc) is 3.12. The number of aliphatic hydroxyl groups is 3. The van der Waals surface area contributed by atoms with Gasteiger partial charge in [0.2, 0.25) is 0 Å². The minimum atomic E-state index is -0.616. The molecule has 0 aromatic carbocycles. The smallest absolute Gasteiger partial charge is 0.0811 e. The number of hydrogen-bond acceptors (Lipinski definition) is 3. The lowest BCUT2D eigenvalue weighted by molar-refractivity contribution is 0.0178. The summed E-state index contributed by atoms with van der Waals surface area (Å²) >= 11 is 0. The number of rotatable bonds is 8. The third-order valence-corrected chi connectivity index (χ3v) is 9.61. The normalized spacial score (nSPS) is 37.2. The topological polar surface area (TPSA) is 60.7 Å². The van der Waals surface area contributed by atoms with Crippen molar-refractivity contribution in [1.29, 1.82) is 0 Å². The maximum absolute atomic E-state index is 10.6. The Bertz CT molecular complexity index is 716. The van der Waals surface area contributed by atoms with Gasteiger partial charge < -0.3 is 15.3 Å². The number of hydrogen-bond donors (Lipinski definition) is 3. The third kappa shape index (κ3) is 5.42. The molecule has 3 N–H and O–H groups in total. The van der Waals surface area contributed by atoms with E-state index in [0.717, 1.165) is 42.7 Å². The van der Waals surface area contributed by atoms with Crippen molar-refractivity contribution in [3.63, 3.8) is 0 Å². The highest BCUT2D eigenvalue weighted by atomic mass is 16.3. The van der Waals surface area contributed by atoms with Gasteiger partial charge in [0, 0.05) is 6.42 Å². The summed E-state index contributed by atoms with van der Waals surface area (Å²) < 4.78 is 0. The number of aliphatic hydroxyl groups excluding tert-OH is 2. The first kappa shape index (κ1) is 25.7. The predicted octanol–water partition coefficient (Wildman–Crippen LogP) is 6.48. The molecule has 3 fully saturated rings. The highest BCUT2D eigenvalue weighted by Crippen LogP contribution is 2.60. The van der Waals surface area contributed by atoms with Gasteiger partial charge in [0.25, 0.3) is 0 Å². The van der Waals surface area contributed by atoms with E-state index in [4.69, 9.17) is 0 Å². The largest absolute Gasteiger partial charge is 0.393 e. The van der Waals surface area contributed by atoms with Gasteiger partial charge in [-0.05, 0) is 92.1 Å². The first-order chi connectivity index (χ1) is 15.1. The SMILES string of the molecule is C=C1/C(=C/C=C2\CCC[C@]3(C)[C@@H]([C@H](C)CCCC(O)(CC)CC)CC[C@@H]23)C[C@@H](O)C[C@@H]1O. The molecule has 0 aromatic rings. The monoisotopic (exact) mass is 444 g/mol. The molecule has 0 aliphatic heterocycles. The maximum atomic E-state index is 10.6. The molecule has 3 rings (SSSR count). The van der Waals surface area contributed by atoms with E-state index >= 15 is 0 Å². The van der Waals surface area contributed by atoms with Gasteiger partial charge in [-0.2, -0.15) is 0 Å². The molecule has 3 aliphatic carbocycles. The molecule has 0 bridgehead atoms. The van der Waals surface area contributed by atoms with E-state index in [1.807, 2.05) is 0 Å². The molecular formula is C29H48O3. The van der Waals surface area contributed by atoms with E-state index in [-0.39, 0.29) is 0 Å².